The van der Waals surface area contributed by atoms with Gasteiger partial charge in [-0.05, 0) is 28.9 Å². The van der Waals surface area contributed by atoms with Crippen molar-refractivity contribution in [3.8, 4) is 0 Å². The van der Waals surface area contributed by atoms with Crippen molar-refractivity contribution in [2.45, 2.75) is 22.6 Å². The number of nitrogens with two attached hydrogens (primary N) is 1. The fourth-order valence-electron chi connectivity index (χ4n) is 1.22. The Kier molecular flexibility index (Phi) is 4.37. The third kappa shape index (κ3) is 3.04. The van der Waals surface area contributed by atoms with E-state index in [1.54, 1.807) is 39.9 Å². The molecule has 16 heavy (non-hydrogen) atoms. The van der Waals surface area contributed by atoms with Gasteiger partial charge < -0.3 is 5.73 Å². The van der Waals surface area contributed by atoms with Crippen LogP contribution in [0.1, 0.15) is 17.1 Å². The first-order chi connectivity index (χ1) is 7.66. The maximum Gasteiger partial charge on any atom is 0.174 e. The van der Waals surface area contributed by atoms with E-state index in [-0.39, 0.29) is 11.3 Å². The smallest absolute Gasteiger partial charge is 0.174 e. The molecule has 2 unspecified atom stereocenters. The van der Waals surface area contributed by atoms with Gasteiger partial charge in [-0.2, -0.15) is 0 Å². The van der Waals surface area contributed by atoms with Gasteiger partial charge in [-0.15, -0.1) is 21.5 Å². The van der Waals surface area contributed by atoms with Crippen LogP contribution in [0.25, 0.3) is 0 Å². The minimum absolute atomic E-state index is 0.0828. The van der Waals surface area contributed by atoms with Crippen molar-refractivity contribution in [3.05, 3.63) is 26.3 Å². The lowest BCUT2D eigenvalue weighted by Gasteiger charge is -2.16. The quantitative estimate of drug-likeness (QED) is 0.868. The molecule has 7 heteroatoms. The topological polar surface area (TPSA) is 51.8 Å². The second kappa shape index (κ2) is 5.59. The lowest BCUT2D eigenvalue weighted by molar-refractivity contribution is 0.729. The van der Waals surface area contributed by atoms with Gasteiger partial charge in [0.05, 0.1) is 5.25 Å². The van der Waals surface area contributed by atoms with Crippen LogP contribution < -0.4 is 5.73 Å². The maximum atomic E-state index is 6.02. The summed E-state index contributed by atoms with van der Waals surface area (Å²) in [5.41, 5.74) is 7.76. The third-order valence-corrected chi connectivity index (χ3v) is 6.12. The highest BCUT2D eigenvalue weighted by Crippen LogP contribution is 2.40. The molecule has 0 aromatic carbocycles. The molecule has 2 N–H and O–H groups in total. The number of halogens is 1. The second-order valence-electron chi connectivity index (χ2n) is 3.27. The molecule has 0 aliphatic heterocycles. The lowest BCUT2D eigenvalue weighted by atomic mass is 10.2. The van der Waals surface area contributed by atoms with Gasteiger partial charge in [0.2, 0.25) is 0 Å². The molecule has 0 bridgehead atoms. The summed E-state index contributed by atoms with van der Waals surface area (Å²) in [5, 5.41) is 10.2. The van der Waals surface area contributed by atoms with Gasteiger partial charge >= 0.3 is 0 Å². The molecule has 2 aromatic heterocycles. The molecule has 0 radical (unpaired) electrons. The van der Waals surface area contributed by atoms with Gasteiger partial charge in [-0.3, -0.25) is 0 Å². The van der Waals surface area contributed by atoms with Crippen molar-refractivity contribution in [2.75, 3.05) is 0 Å². The molecule has 2 aromatic rings. The molecule has 2 heterocycles. The minimum atomic E-state index is 0.0828. The van der Waals surface area contributed by atoms with E-state index in [2.05, 4.69) is 37.6 Å². The Bertz CT molecular complexity index is 441. The summed E-state index contributed by atoms with van der Waals surface area (Å²) in [6.45, 7) is 2.02. The predicted octanol–water partition coefficient (Wildman–Crippen LogP) is 3.54. The number of hydrogen-bond acceptors (Lipinski definition) is 6. The van der Waals surface area contributed by atoms with E-state index in [9.17, 15) is 0 Å². The molecule has 0 aliphatic rings. The van der Waals surface area contributed by atoms with Gasteiger partial charge in [0.1, 0.15) is 5.51 Å². The van der Waals surface area contributed by atoms with E-state index >= 15 is 0 Å². The zero-order chi connectivity index (χ0) is 11.5. The van der Waals surface area contributed by atoms with Crippen LogP contribution in [0.4, 0.5) is 0 Å². The average molecular weight is 336 g/mol. The Labute approximate surface area is 115 Å². The molecule has 0 aliphatic carbocycles. The van der Waals surface area contributed by atoms with Gasteiger partial charge in [-0.25, -0.2) is 0 Å². The average Bonchev–Trinajstić information content (AvgIpc) is 2.84. The van der Waals surface area contributed by atoms with Crippen LogP contribution in [0.3, 0.4) is 0 Å². The molecule has 0 amide bonds. The molecular formula is C9H10BrN3S3. The van der Waals surface area contributed by atoms with E-state index in [4.69, 9.17) is 5.73 Å². The first kappa shape index (κ1) is 12.5. The van der Waals surface area contributed by atoms with Crippen molar-refractivity contribution in [1.29, 1.82) is 0 Å². The molecule has 86 valence electrons. The zero-order valence-electron chi connectivity index (χ0n) is 8.46. The summed E-state index contributed by atoms with van der Waals surface area (Å²) >= 11 is 8.41. The fraction of sp³-hybridized carbons (Fsp3) is 0.333. The Morgan fingerprint density at radius 3 is 2.81 bits per heavy atom. The summed E-state index contributed by atoms with van der Waals surface area (Å²) in [5.74, 6) is 0. The standard InChI is InChI=1S/C9H10BrN3S3/c1-5(11)8(7-2-6(10)3-14-7)16-9-13-12-4-15-9/h2-5,8H,11H2,1H3. The first-order valence-corrected chi connectivity index (χ1v) is 8.02. The molecule has 0 spiro atoms. The Morgan fingerprint density at radius 2 is 2.31 bits per heavy atom. The van der Waals surface area contributed by atoms with Gasteiger partial charge in [0.15, 0.2) is 4.34 Å². The second-order valence-corrected chi connectivity index (χ2v) is 7.35. The van der Waals surface area contributed by atoms with Crippen molar-refractivity contribution < 1.29 is 0 Å². The van der Waals surface area contributed by atoms with Crippen LogP contribution in [0.5, 0.6) is 0 Å². The molecule has 0 saturated heterocycles. The summed E-state index contributed by atoms with van der Waals surface area (Å²) in [7, 11) is 0. The molecule has 0 fully saturated rings. The SMILES string of the molecule is CC(N)C(Sc1nncs1)c1cc(Br)cs1. The van der Waals surface area contributed by atoms with E-state index < -0.39 is 0 Å². The number of thioether (sulfide) groups is 1. The van der Waals surface area contributed by atoms with Crippen molar-refractivity contribution in [2.24, 2.45) is 5.73 Å². The highest BCUT2D eigenvalue weighted by atomic mass is 79.9. The Hall–Kier alpha value is 0.0500. The number of nitrogens with zero attached hydrogens (tertiary/aromatic N) is 2. The minimum Gasteiger partial charge on any atom is -0.327 e. The summed E-state index contributed by atoms with van der Waals surface area (Å²) in [6, 6.07) is 2.20. The van der Waals surface area contributed by atoms with Crippen LogP contribution in [0, 0.1) is 0 Å². The van der Waals surface area contributed by atoms with Gasteiger partial charge in [-0.1, -0.05) is 23.1 Å². The van der Waals surface area contributed by atoms with Crippen LogP contribution in [0.2, 0.25) is 0 Å². The van der Waals surface area contributed by atoms with Crippen molar-refractivity contribution in [3.63, 3.8) is 0 Å². The first-order valence-electron chi connectivity index (χ1n) is 4.59. The van der Waals surface area contributed by atoms with E-state index in [0.717, 1.165) is 8.81 Å². The number of hydrogen-bond donors (Lipinski definition) is 1. The third-order valence-electron chi connectivity index (χ3n) is 1.91. The van der Waals surface area contributed by atoms with Crippen molar-refractivity contribution in [1.82, 2.24) is 10.2 Å². The maximum absolute atomic E-state index is 6.02. The highest BCUT2D eigenvalue weighted by Gasteiger charge is 2.20. The Morgan fingerprint density at radius 1 is 1.50 bits per heavy atom. The molecule has 2 rings (SSSR count). The summed E-state index contributed by atoms with van der Waals surface area (Å²) in [4.78, 5) is 1.27. The van der Waals surface area contributed by atoms with Crippen LogP contribution >= 0.6 is 50.4 Å². The van der Waals surface area contributed by atoms with Crippen molar-refractivity contribution >= 4 is 50.4 Å². The van der Waals surface area contributed by atoms with Crippen LogP contribution in [-0.4, -0.2) is 16.2 Å². The summed E-state index contributed by atoms with van der Waals surface area (Å²) < 4.78 is 2.07. The number of aromatic nitrogens is 2. The Balaban J connectivity index is 2.18. The fourth-order valence-corrected chi connectivity index (χ4v) is 4.73. The van der Waals surface area contributed by atoms with E-state index in [1.807, 2.05) is 6.92 Å². The van der Waals surface area contributed by atoms with E-state index in [1.165, 1.54) is 4.88 Å². The monoisotopic (exact) mass is 335 g/mol. The van der Waals surface area contributed by atoms with E-state index in [0.29, 0.717) is 0 Å². The van der Waals surface area contributed by atoms with Gasteiger partial charge in [0.25, 0.3) is 0 Å². The van der Waals surface area contributed by atoms with Crippen LogP contribution in [0.15, 0.2) is 25.8 Å². The predicted molar refractivity (Wildman–Crippen MR) is 74.2 cm³/mol. The highest BCUT2D eigenvalue weighted by molar-refractivity contribution is 9.10. The molecule has 0 saturated carbocycles. The van der Waals surface area contributed by atoms with Gasteiger partial charge in [0, 0.05) is 20.8 Å². The number of thiophene rings is 1. The largest absolute Gasteiger partial charge is 0.327 e. The lowest BCUT2D eigenvalue weighted by Crippen LogP contribution is -2.21. The molecule has 3 nitrogen and oxygen atoms in total. The molecule has 2 atom stereocenters. The normalized spacial score (nSPS) is 14.9. The number of rotatable bonds is 4. The van der Waals surface area contributed by atoms with Crippen LogP contribution in [-0.2, 0) is 0 Å². The summed E-state index contributed by atoms with van der Waals surface area (Å²) in [6.07, 6.45) is 0. The zero-order valence-corrected chi connectivity index (χ0v) is 12.5. The molecular weight excluding hydrogens is 326 g/mol.